The Hall–Kier alpha value is -2.25. The van der Waals surface area contributed by atoms with Gasteiger partial charge in [0.05, 0.1) is 17.4 Å². The Bertz CT molecular complexity index is 908. The molecule has 2 aromatic rings. The second-order valence-corrected chi connectivity index (χ2v) is 7.75. The number of methoxy groups -OCH3 is 1. The summed E-state index contributed by atoms with van der Waals surface area (Å²) in [6.45, 7) is 2.26. The average Bonchev–Trinajstić information content (AvgIpc) is 2.93. The second-order valence-electron chi connectivity index (χ2n) is 6.19. The van der Waals surface area contributed by atoms with Crippen molar-refractivity contribution >= 4 is 34.5 Å². The molecule has 5 nitrogen and oxygen atoms in total. The van der Waals surface area contributed by atoms with Gasteiger partial charge in [0.25, 0.3) is 5.24 Å². The first-order valence-electron chi connectivity index (χ1n) is 8.68. The van der Waals surface area contributed by atoms with Crippen LogP contribution in [-0.4, -0.2) is 35.0 Å². The molecule has 2 amide bonds. The van der Waals surface area contributed by atoms with E-state index in [4.69, 9.17) is 21.1 Å². The lowest BCUT2D eigenvalue weighted by Crippen LogP contribution is -2.31. The van der Waals surface area contributed by atoms with Crippen LogP contribution in [0.5, 0.6) is 11.5 Å². The SMILES string of the molecule is CCN1C(=O)S[C@H](Cc2cc(Cl)c(OCc3cccc(F)c3)c(OC)c2)C1=O. The molecule has 1 saturated heterocycles. The molecule has 148 valence electrons. The fourth-order valence-electron chi connectivity index (χ4n) is 2.94. The highest BCUT2D eigenvalue weighted by Crippen LogP contribution is 2.38. The molecule has 1 aliphatic heterocycles. The van der Waals surface area contributed by atoms with Gasteiger partial charge in [-0.05, 0) is 48.7 Å². The molecule has 1 aliphatic rings. The summed E-state index contributed by atoms with van der Waals surface area (Å²) in [5.74, 6) is 0.213. The van der Waals surface area contributed by atoms with Crippen LogP contribution in [-0.2, 0) is 17.8 Å². The zero-order valence-electron chi connectivity index (χ0n) is 15.4. The summed E-state index contributed by atoms with van der Waals surface area (Å²) >= 11 is 7.39. The normalized spacial score (nSPS) is 16.6. The predicted molar refractivity (Wildman–Crippen MR) is 107 cm³/mol. The smallest absolute Gasteiger partial charge is 0.289 e. The van der Waals surface area contributed by atoms with Crippen molar-refractivity contribution in [1.29, 1.82) is 0 Å². The number of ether oxygens (including phenoxy) is 2. The Morgan fingerprint density at radius 2 is 2.00 bits per heavy atom. The van der Waals surface area contributed by atoms with Gasteiger partial charge in [-0.2, -0.15) is 0 Å². The molecule has 0 aromatic heterocycles. The molecule has 1 atom stereocenters. The Morgan fingerprint density at radius 3 is 2.64 bits per heavy atom. The summed E-state index contributed by atoms with van der Waals surface area (Å²) in [6, 6.07) is 9.52. The summed E-state index contributed by atoms with van der Waals surface area (Å²) in [6.07, 6.45) is 0.353. The van der Waals surface area contributed by atoms with Gasteiger partial charge >= 0.3 is 0 Å². The van der Waals surface area contributed by atoms with E-state index < -0.39 is 5.25 Å². The van der Waals surface area contributed by atoms with Crippen LogP contribution in [0.25, 0.3) is 0 Å². The van der Waals surface area contributed by atoms with E-state index in [1.807, 2.05) is 0 Å². The number of hydrogen-bond acceptors (Lipinski definition) is 5. The number of carbonyl (C=O) groups is 2. The van der Waals surface area contributed by atoms with Gasteiger partial charge in [-0.1, -0.05) is 35.5 Å². The van der Waals surface area contributed by atoms with Crippen LogP contribution in [0.3, 0.4) is 0 Å². The highest BCUT2D eigenvalue weighted by molar-refractivity contribution is 8.15. The molecule has 2 aromatic carbocycles. The fourth-order valence-corrected chi connectivity index (χ4v) is 4.32. The van der Waals surface area contributed by atoms with Crippen LogP contribution >= 0.6 is 23.4 Å². The number of hydrogen-bond donors (Lipinski definition) is 0. The van der Waals surface area contributed by atoms with Gasteiger partial charge < -0.3 is 9.47 Å². The monoisotopic (exact) mass is 423 g/mol. The van der Waals surface area contributed by atoms with Gasteiger partial charge in [0.15, 0.2) is 11.5 Å². The Kier molecular flexibility index (Phi) is 6.46. The zero-order valence-corrected chi connectivity index (χ0v) is 17.0. The van der Waals surface area contributed by atoms with E-state index >= 15 is 0 Å². The molecule has 0 unspecified atom stereocenters. The third kappa shape index (κ3) is 4.42. The van der Waals surface area contributed by atoms with Gasteiger partial charge in [-0.15, -0.1) is 0 Å². The number of rotatable bonds is 7. The standard InChI is InChI=1S/C20H19ClFNO4S/c1-3-23-19(24)17(28-20(23)25)10-13-8-15(21)18(16(9-13)26-2)27-11-12-5-4-6-14(22)7-12/h4-9,17H,3,10-11H2,1-2H3/t17-/m1/s1. The van der Waals surface area contributed by atoms with E-state index in [-0.39, 0.29) is 23.6 Å². The highest BCUT2D eigenvalue weighted by atomic mass is 35.5. The number of benzene rings is 2. The first-order valence-corrected chi connectivity index (χ1v) is 9.94. The van der Waals surface area contributed by atoms with Crippen molar-refractivity contribution in [3.05, 3.63) is 58.4 Å². The zero-order chi connectivity index (χ0) is 20.3. The first-order chi connectivity index (χ1) is 13.4. The largest absolute Gasteiger partial charge is 0.493 e. The van der Waals surface area contributed by atoms with E-state index in [0.717, 1.165) is 17.3 Å². The molecule has 28 heavy (non-hydrogen) atoms. The number of thioether (sulfide) groups is 1. The van der Waals surface area contributed by atoms with Gasteiger partial charge in [0.1, 0.15) is 12.4 Å². The third-order valence-corrected chi connectivity index (χ3v) is 5.66. The highest BCUT2D eigenvalue weighted by Gasteiger charge is 2.38. The molecule has 0 aliphatic carbocycles. The molecule has 0 bridgehead atoms. The Morgan fingerprint density at radius 1 is 1.21 bits per heavy atom. The van der Waals surface area contributed by atoms with Crippen molar-refractivity contribution < 1.29 is 23.5 Å². The van der Waals surface area contributed by atoms with Crippen molar-refractivity contribution in [2.75, 3.05) is 13.7 Å². The van der Waals surface area contributed by atoms with E-state index in [0.29, 0.717) is 35.1 Å². The molecule has 1 fully saturated rings. The van der Waals surface area contributed by atoms with Crippen molar-refractivity contribution in [2.45, 2.75) is 25.2 Å². The number of amides is 2. The van der Waals surface area contributed by atoms with Gasteiger partial charge in [0.2, 0.25) is 5.91 Å². The maximum atomic E-state index is 13.3. The fraction of sp³-hybridized carbons (Fsp3) is 0.300. The lowest BCUT2D eigenvalue weighted by molar-refractivity contribution is -0.126. The van der Waals surface area contributed by atoms with Gasteiger partial charge in [-0.3, -0.25) is 14.5 Å². The predicted octanol–water partition coefficient (Wildman–Crippen LogP) is 4.69. The van der Waals surface area contributed by atoms with Crippen LogP contribution in [0.15, 0.2) is 36.4 Å². The summed E-state index contributed by atoms with van der Waals surface area (Å²) in [5.41, 5.74) is 1.42. The van der Waals surface area contributed by atoms with E-state index in [1.165, 1.54) is 24.1 Å². The number of halogens is 2. The van der Waals surface area contributed by atoms with Gasteiger partial charge in [-0.25, -0.2) is 4.39 Å². The van der Waals surface area contributed by atoms with Crippen molar-refractivity contribution in [1.82, 2.24) is 4.90 Å². The molecule has 0 radical (unpaired) electrons. The van der Waals surface area contributed by atoms with Crippen LogP contribution in [0, 0.1) is 5.82 Å². The van der Waals surface area contributed by atoms with Crippen LogP contribution < -0.4 is 9.47 Å². The molecule has 0 spiro atoms. The Balaban J connectivity index is 1.76. The minimum atomic E-state index is -0.479. The second kappa shape index (κ2) is 8.84. The molecule has 3 rings (SSSR count). The molecule has 8 heteroatoms. The summed E-state index contributed by atoms with van der Waals surface area (Å²) in [7, 11) is 1.49. The third-order valence-electron chi connectivity index (χ3n) is 4.30. The van der Waals surface area contributed by atoms with Crippen LogP contribution in [0.2, 0.25) is 5.02 Å². The van der Waals surface area contributed by atoms with Crippen LogP contribution in [0.1, 0.15) is 18.1 Å². The van der Waals surface area contributed by atoms with Crippen molar-refractivity contribution in [3.8, 4) is 11.5 Å². The molecule has 0 saturated carbocycles. The van der Waals surface area contributed by atoms with Crippen molar-refractivity contribution in [2.24, 2.45) is 0 Å². The minimum absolute atomic E-state index is 0.129. The van der Waals surface area contributed by atoms with E-state index in [1.54, 1.807) is 31.2 Å². The van der Waals surface area contributed by atoms with Gasteiger partial charge in [0, 0.05) is 6.54 Å². The minimum Gasteiger partial charge on any atom is -0.493 e. The Labute approximate surface area is 171 Å². The van der Waals surface area contributed by atoms with E-state index in [2.05, 4.69) is 0 Å². The van der Waals surface area contributed by atoms with Crippen molar-refractivity contribution in [3.63, 3.8) is 0 Å². The summed E-state index contributed by atoms with van der Waals surface area (Å²) in [4.78, 5) is 25.4. The van der Waals surface area contributed by atoms with E-state index in [9.17, 15) is 14.0 Å². The number of carbonyl (C=O) groups excluding carboxylic acids is 2. The number of imide groups is 1. The molecule has 0 N–H and O–H groups in total. The number of nitrogens with zero attached hydrogens (tertiary/aromatic N) is 1. The lowest BCUT2D eigenvalue weighted by Gasteiger charge is -2.15. The lowest BCUT2D eigenvalue weighted by atomic mass is 10.1. The quantitative estimate of drug-likeness (QED) is 0.646. The average molecular weight is 424 g/mol. The molecule has 1 heterocycles. The van der Waals surface area contributed by atoms with Crippen LogP contribution in [0.4, 0.5) is 9.18 Å². The molecular weight excluding hydrogens is 405 g/mol. The maximum absolute atomic E-state index is 13.3. The topological polar surface area (TPSA) is 55.8 Å². The molecular formula is C20H19ClFNO4S. The maximum Gasteiger partial charge on any atom is 0.289 e. The summed E-state index contributed by atoms with van der Waals surface area (Å²) < 4.78 is 24.4. The first kappa shape index (κ1) is 20.5. The summed E-state index contributed by atoms with van der Waals surface area (Å²) in [5, 5.41) is -0.391.